The average molecular weight is 401 g/mol. The minimum Gasteiger partial charge on any atom is -0.356 e. The quantitative estimate of drug-likeness (QED) is 0.676. The van der Waals surface area contributed by atoms with Gasteiger partial charge in [-0.3, -0.25) is 14.4 Å². The van der Waals surface area contributed by atoms with Crippen LogP contribution in [0.3, 0.4) is 0 Å². The van der Waals surface area contributed by atoms with Crippen LogP contribution in [0.15, 0.2) is 35.7 Å². The predicted molar refractivity (Wildman–Crippen MR) is 108 cm³/mol. The lowest BCUT2D eigenvalue weighted by Crippen LogP contribution is -2.39. The van der Waals surface area contributed by atoms with E-state index in [1.807, 2.05) is 25.1 Å². The molecule has 0 unspecified atom stereocenters. The van der Waals surface area contributed by atoms with Gasteiger partial charge in [0, 0.05) is 23.5 Å². The number of nitrogens with one attached hydrogen (secondary N) is 2. The van der Waals surface area contributed by atoms with Crippen LogP contribution in [-0.2, 0) is 16.0 Å². The summed E-state index contributed by atoms with van der Waals surface area (Å²) in [4.78, 5) is 42.8. The minimum atomic E-state index is -0.285. The molecule has 2 aromatic rings. The Morgan fingerprint density at radius 2 is 1.93 bits per heavy atom. The highest BCUT2D eigenvalue weighted by Gasteiger charge is 2.34. The summed E-state index contributed by atoms with van der Waals surface area (Å²) in [5, 5.41) is 7.73. The largest absolute Gasteiger partial charge is 0.356 e. The molecule has 1 heterocycles. The maximum atomic E-state index is 12.7. The van der Waals surface area contributed by atoms with Crippen LogP contribution in [0.4, 0.5) is 5.13 Å². The van der Waals surface area contributed by atoms with E-state index in [1.54, 1.807) is 22.4 Å². The number of carbonyl (C=O) groups excluding carboxylic acids is 3. The summed E-state index contributed by atoms with van der Waals surface area (Å²) in [6.07, 6.45) is 2.90. The number of benzene rings is 1. The molecule has 0 radical (unpaired) electrons. The first-order valence-corrected chi connectivity index (χ1v) is 10.3. The van der Waals surface area contributed by atoms with Gasteiger partial charge in [0.1, 0.15) is 6.54 Å². The normalized spacial score (nSPS) is 13.0. The van der Waals surface area contributed by atoms with Crippen molar-refractivity contribution >= 4 is 34.2 Å². The molecule has 1 aliphatic rings. The van der Waals surface area contributed by atoms with Gasteiger partial charge in [-0.1, -0.05) is 25.1 Å². The number of aromatic nitrogens is 1. The third-order valence-electron chi connectivity index (χ3n) is 4.30. The number of hydrogen-bond acceptors (Lipinski definition) is 5. The molecule has 3 rings (SSSR count). The van der Waals surface area contributed by atoms with Gasteiger partial charge in [0.05, 0.1) is 12.1 Å². The van der Waals surface area contributed by atoms with Crippen molar-refractivity contribution in [2.75, 3.05) is 18.4 Å². The second-order valence-electron chi connectivity index (χ2n) is 6.75. The molecule has 2 N–H and O–H groups in total. The summed E-state index contributed by atoms with van der Waals surface area (Å²) < 4.78 is 0. The molecule has 148 valence electrons. The molecule has 0 spiro atoms. The summed E-state index contributed by atoms with van der Waals surface area (Å²) in [6, 6.07) is 9.11. The molecule has 1 saturated carbocycles. The van der Waals surface area contributed by atoms with Crippen LogP contribution in [0.2, 0.25) is 0 Å². The van der Waals surface area contributed by atoms with Crippen molar-refractivity contribution in [3.05, 3.63) is 47.0 Å². The Morgan fingerprint density at radius 3 is 2.61 bits per heavy atom. The molecule has 1 aromatic heterocycles. The lowest BCUT2D eigenvalue weighted by molar-refractivity contribution is -0.120. The van der Waals surface area contributed by atoms with Crippen LogP contribution in [0, 0.1) is 0 Å². The Balaban J connectivity index is 1.55. The van der Waals surface area contributed by atoms with E-state index in [2.05, 4.69) is 15.6 Å². The van der Waals surface area contributed by atoms with E-state index in [0.29, 0.717) is 22.9 Å². The number of carbonyl (C=O) groups is 3. The maximum absolute atomic E-state index is 12.7. The Kier molecular flexibility index (Phi) is 6.76. The summed E-state index contributed by atoms with van der Waals surface area (Å²) in [5.74, 6) is -0.503. The van der Waals surface area contributed by atoms with Gasteiger partial charge in [0.2, 0.25) is 11.8 Å². The first-order chi connectivity index (χ1) is 13.6. The maximum Gasteiger partial charge on any atom is 0.254 e. The summed E-state index contributed by atoms with van der Waals surface area (Å²) in [5.41, 5.74) is 1.20. The van der Waals surface area contributed by atoms with Gasteiger partial charge in [-0.2, -0.15) is 0 Å². The fourth-order valence-electron chi connectivity index (χ4n) is 2.75. The van der Waals surface area contributed by atoms with Crippen LogP contribution in [0.1, 0.15) is 42.2 Å². The number of rotatable bonds is 9. The molecule has 0 aliphatic heterocycles. The van der Waals surface area contributed by atoms with Gasteiger partial charge < -0.3 is 15.5 Å². The Labute approximate surface area is 168 Å². The first kappa shape index (κ1) is 20.0. The van der Waals surface area contributed by atoms with Crippen molar-refractivity contribution in [3.8, 4) is 0 Å². The van der Waals surface area contributed by atoms with Gasteiger partial charge in [0.25, 0.3) is 5.91 Å². The zero-order chi connectivity index (χ0) is 19.9. The first-order valence-electron chi connectivity index (χ1n) is 9.43. The molecule has 0 atom stereocenters. The zero-order valence-corrected chi connectivity index (χ0v) is 16.6. The van der Waals surface area contributed by atoms with E-state index in [0.717, 1.165) is 19.3 Å². The SMILES string of the molecule is CCCNC(=O)Cc1csc(NC(=O)CN(C(=O)c2ccccc2)C2CC2)n1. The highest BCUT2D eigenvalue weighted by molar-refractivity contribution is 7.13. The summed E-state index contributed by atoms with van der Waals surface area (Å²) in [6.45, 7) is 2.62. The lowest BCUT2D eigenvalue weighted by Gasteiger charge is -2.21. The van der Waals surface area contributed by atoms with Gasteiger partial charge in [-0.25, -0.2) is 4.98 Å². The number of amides is 3. The average Bonchev–Trinajstić information content (AvgIpc) is 3.45. The predicted octanol–water partition coefficient (Wildman–Crippen LogP) is 2.46. The fraction of sp³-hybridized carbons (Fsp3) is 0.400. The molecule has 1 fully saturated rings. The Morgan fingerprint density at radius 1 is 1.18 bits per heavy atom. The van der Waals surface area contributed by atoms with Crippen LogP contribution in [-0.4, -0.2) is 46.7 Å². The molecule has 3 amide bonds. The summed E-state index contributed by atoms with van der Waals surface area (Å²) in [7, 11) is 0. The van der Waals surface area contributed by atoms with Crippen LogP contribution < -0.4 is 10.6 Å². The van der Waals surface area contributed by atoms with Crippen molar-refractivity contribution in [2.24, 2.45) is 0 Å². The van der Waals surface area contributed by atoms with E-state index >= 15 is 0 Å². The van der Waals surface area contributed by atoms with E-state index in [-0.39, 0.29) is 36.7 Å². The molecule has 8 heteroatoms. The topological polar surface area (TPSA) is 91.4 Å². The lowest BCUT2D eigenvalue weighted by atomic mass is 10.2. The molecule has 0 saturated heterocycles. The smallest absolute Gasteiger partial charge is 0.254 e. The standard InChI is InChI=1S/C20H24N4O3S/c1-2-10-21-17(25)11-15-13-28-20(22-15)23-18(26)12-24(16-8-9-16)19(27)14-6-4-3-5-7-14/h3-7,13,16H,2,8-12H2,1H3,(H,21,25)(H,22,23,26). The van der Waals surface area contributed by atoms with Gasteiger partial charge >= 0.3 is 0 Å². The Bertz CT molecular complexity index is 833. The van der Waals surface area contributed by atoms with Gasteiger partial charge in [-0.15, -0.1) is 11.3 Å². The number of hydrogen-bond donors (Lipinski definition) is 2. The van der Waals surface area contributed by atoms with Crippen molar-refractivity contribution in [1.29, 1.82) is 0 Å². The van der Waals surface area contributed by atoms with Gasteiger partial charge in [-0.05, 0) is 31.4 Å². The second-order valence-corrected chi connectivity index (χ2v) is 7.61. The van der Waals surface area contributed by atoms with E-state index in [4.69, 9.17) is 0 Å². The molecular weight excluding hydrogens is 376 g/mol. The molecule has 1 aliphatic carbocycles. The second kappa shape index (κ2) is 9.45. The zero-order valence-electron chi connectivity index (χ0n) is 15.8. The van der Waals surface area contributed by atoms with Crippen molar-refractivity contribution in [1.82, 2.24) is 15.2 Å². The van der Waals surface area contributed by atoms with Crippen molar-refractivity contribution in [3.63, 3.8) is 0 Å². The van der Waals surface area contributed by atoms with E-state index < -0.39 is 0 Å². The highest BCUT2D eigenvalue weighted by Crippen LogP contribution is 2.28. The van der Waals surface area contributed by atoms with Crippen LogP contribution >= 0.6 is 11.3 Å². The minimum absolute atomic E-state index is 0.00963. The molecule has 1 aromatic carbocycles. The molecule has 7 nitrogen and oxygen atoms in total. The number of nitrogens with zero attached hydrogens (tertiary/aromatic N) is 2. The number of thiazole rings is 1. The van der Waals surface area contributed by atoms with Gasteiger partial charge in [0.15, 0.2) is 5.13 Å². The van der Waals surface area contributed by atoms with Crippen molar-refractivity contribution in [2.45, 2.75) is 38.6 Å². The van der Waals surface area contributed by atoms with Crippen LogP contribution in [0.5, 0.6) is 0 Å². The van der Waals surface area contributed by atoms with Crippen molar-refractivity contribution < 1.29 is 14.4 Å². The third-order valence-corrected chi connectivity index (χ3v) is 5.10. The molecule has 0 bridgehead atoms. The third kappa shape index (κ3) is 5.63. The van der Waals surface area contributed by atoms with Crippen LogP contribution in [0.25, 0.3) is 0 Å². The van der Waals surface area contributed by atoms with E-state index in [9.17, 15) is 14.4 Å². The monoisotopic (exact) mass is 400 g/mol. The number of anilines is 1. The summed E-state index contributed by atoms with van der Waals surface area (Å²) >= 11 is 1.27. The Hall–Kier alpha value is -2.74. The molecular formula is C20H24N4O3S. The molecule has 28 heavy (non-hydrogen) atoms. The van der Waals surface area contributed by atoms with E-state index in [1.165, 1.54) is 11.3 Å². The fourth-order valence-corrected chi connectivity index (χ4v) is 3.48. The highest BCUT2D eigenvalue weighted by atomic mass is 32.1.